The van der Waals surface area contributed by atoms with Crippen molar-refractivity contribution >= 4 is 5.71 Å². The number of hydrogen-bond acceptors (Lipinski definition) is 4. The molecule has 2 aromatic carbocycles. The molecule has 0 bridgehead atoms. The molecule has 0 heterocycles. The van der Waals surface area contributed by atoms with Gasteiger partial charge in [0.2, 0.25) is 0 Å². The van der Waals surface area contributed by atoms with Crippen LogP contribution in [0.15, 0.2) is 60.8 Å². The van der Waals surface area contributed by atoms with Crippen LogP contribution in [0.1, 0.15) is 18.1 Å². The maximum atomic E-state index is 13.9. The summed E-state index contributed by atoms with van der Waals surface area (Å²) in [5.74, 6) is -1.25. The lowest BCUT2D eigenvalue weighted by Crippen LogP contribution is -2.35. The highest BCUT2D eigenvalue weighted by Crippen LogP contribution is 2.29. The molecule has 1 unspecified atom stereocenters. The Morgan fingerprint density at radius 3 is 2.56 bits per heavy atom. The van der Waals surface area contributed by atoms with Crippen molar-refractivity contribution < 1.29 is 13.5 Å². The summed E-state index contributed by atoms with van der Waals surface area (Å²) in [5.41, 5.74) is 1.65. The van der Waals surface area contributed by atoms with Gasteiger partial charge in [0.05, 0.1) is 11.9 Å². The Hall–Kier alpha value is -2.99. The average molecular weight is 371 g/mol. The lowest BCUT2D eigenvalue weighted by molar-refractivity contribution is 0.437. The molecule has 0 fully saturated rings. The highest BCUT2D eigenvalue weighted by molar-refractivity contribution is 6.08. The zero-order chi connectivity index (χ0) is 19.8. The van der Waals surface area contributed by atoms with Crippen LogP contribution in [0.4, 0.5) is 8.78 Å². The molecule has 4 nitrogen and oxygen atoms in total. The molecule has 0 spiro atoms. The second kappa shape index (κ2) is 9.64. The first kappa shape index (κ1) is 20.3. The minimum atomic E-state index is -0.797. The predicted molar refractivity (Wildman–Crippen MR) is 104 cm³/mol. The number of hydrogen-bond donors (Lipinski definition) is 3. The summed E-state index contributed by atoms with van der Waals surface area (Å²) in [6.45, 7) is 3.79. The first-order valence-corrected chi connectivity index (χ1v) is 8.49. The second-order valence-electron chi connectivity index (χ2n) is 5.88. The summed E-state index contributed by atoms with van der Waals surface area (Å²) in [6, 6.07) is 8.38. The van der Waals surface area contributed by atoms with Gasteiger partial charge in [0.1, 0.15) is 11.6 Å². The van der Waals surface area contributed by atoms with E-state index in [1.807, 2.05) is 19.9 Å². The molecule has 2 rings (SSSR count). The monoisotopic (exact) mass is 371 g/mol. The molecule has 0 aliphatic carbocycles. The van der Waals surface area contributed by atoms with E-state index in [9.17, 15) is 8.78 Å². The Balaban J connectivity index is 2.27. The van der Waals surface area contributed by atoms with Crippen LogP contribution < -0.4 is 15.4 Å². The summed E-state index contributed by atoms with van der Waals surface area (Å²) < 4.78 is 32.6. The van der Waals surface area contributed by atoms with Gasteiger partial charge in [0, 0.05) is 11.6 Å². The van der Waals surface area contributed by atoms with Gasteiger partial charge in [-0.3, -0.25) is 5.32 Å². The molecule has 0 saturated carbocycles. The minimum Gasteiger partial charge on any atom is -0.454 e. The highest BCUT2D eigenvalue weighted by atomic mass is 19.1. The van der Waals surface area contributed by atoms with E-state index in [2.05, 4.69) is 10.6 Å². The second-order valence-corrected chi connectivity index (χ2v) is 5.88. The van der Waals surface area contributed by atoms with Crippen molar-refractivity contribution in [1.29, 1.82) is 5.41 Å². The van der Waals surface area contributed by atoms with Gasteiger partial charge in [-0.05, 0) is 63.5 Å². The van der Waals surface area contributed by atoms with E-state index in [1.54, 1.807) is 43.6 Å². The number of aryl methyl sites for hydroxylation is 1. The lowest BCUT2D eigenvalue weighted by atomic mass is 10.1. The van der Waals surface area contributed by atoms with E-state index in [0.717, 1.165) is 17.7 Å². The molecule has 0 amide bonds. The number of halogens is 2. The summed E-state index contributed by atoms with van der Waals surface area (Å²) in [4.78, 5) is 0. The third-order valence-corrected chi connectivity index (χ3v) is 3.75. The Morgan fingerprint density at radius 1 is 1.15 bits per heavy atom. The van der Waals surface area contributed by atoms with Gasteiger partial charge in [-0.25, -0.2) is 8.78 Å². The van der Waals surface area contributed by atoms with Gasteiger partial charge in [-0.15, -0.1) is 0 Å². The molecule has 142 valence electrons. The molecule has 0 aliphatic rings. The molecule has 0 radical (unpaired) electrons. The van der Waals surface area contributed by atoms with Gasteiger partial charge < -0.3 is 15.5 Å². The van der Waals surface area contributed by atoms with Gasteiger partial charge in [-0.1, -0.05) is 17.7 Å². The molecule has 2 aromatic rings. The van der Waals surface area contributed by atoms with Crippen LogP contribution in [0.25, 0.3) is 0 Å². The van der Waals surface area contributed by atoms with E-state index in [-0.39, 0.29) is 17.6 Å². The van der Waals surface area contributed by atoms with Crippen molar-refractivity contribution in [3.63, 3.8) is 0 Å². The molecule has 0 aromatic heterocycles. The van der Waals surface area contributed by atoms with Crippen molar-refractivity contribution in [2.24, 2.45) is 0 Å². The van der Waals surface area contributed by atoms with Crippen LogP contribution in [0.2, 0.25) is 0 Å². The quantitative estimate of drug-likeness (QED) is 0.467. The fourth-order valence-electron chi connectivity index (χ4n) is 2.34. The van der Waals surface area contributed by atoms with Gasteiger partial charge in [-0.2, -0.15) is 0 Å². The smallest absolute Gasteiger partial charge is 0.168 e. The fourth-order valence-corrected chi connectivity index (χ4v) is 2.34. The van der Waals surface area contributed by atoms with E-state index in [0.29, 0.717) is 11.3 Å². The van der Waals surface area contributed by atoms with Gasteiger partial charge >= 0.3 is 0 Å². The maximum absolute atomic E-state index is 13.9. The lowest BCUT2D eigenvalue weighted by Gasteiger charge is -2.14. The number of nitrogens with one attached hydrogen (secondary N) is 3. The Morgan fingerprint density at radius 2 is 1.89 bits per heavy atom. The fraction of sp³-hybridized carbons (Fsp3) is 0.190. The highest BCUT2D eigenvalue weighted by Gasteiger charge is 2.12. The largest absolute Gasteiger partial charge is 0.454 e. The summed E-state index contributed by atoms with van der Waals surface area (Å²) in [7, 11) is 1.80. The third kappa shape index (κ3) is 5.76. The molecule has 6 heteroatoms. The van der Waals surface area contributed by atoms with E-state index >= 15 is 0 Å². The van der Waals surface area contributed by atoms with Crippen molar-refractivity contribution in [3.05, 3.63) is 83.6 Å². The normalized spacial score (nSPS) is 12.5. The predicted octanol–water partition coefficient (Wildman–Crippen LogP) is 4.66. The summed E-state index contributed by atoms with van der Waals surface area (Å²) in [5, 5.41) is 14.5. The van der Waals surface area contributed by atoms with E-state index in [4.69, 9.17) is 10.1 Å². The number of allylic oxidation sites excluding steroid dienone is 2. The van der Waals surface area contributed by atoms with Gasteiger partial charge in [0.15, 0.2) is 11.6 Å². The van der Waals surface area contributed by atoms with Crippen molar-refractivity contribution in [2.45, 2.75) is 20.0 Å². The molecule has 27 heavy (non-hydrogen) atoms. The van der Waals surface area contributed by atoms with Crippen molar-refractivity contribution in [3.8, 4) is 11.5 Å². The Kier molecular flexibility index (Phi) is 7.25. The maximum Gasteiger partial charge on any atom is 0.168 e. The van der Waals surface area contributed by atoms with Crippen LogP contribution in [-0.2, 0) is 0 Å². The molecule has 0 aliphatic heterocycles. The number of benzene rings is 2. The summed E-state index contributed by atoms with van der Waals surface area (Å²) in [6.07, 6.45) is 6.96. The molecule has 1 atom stereocenters. The van der Waals surface area contributed by atoms with Crippen LogP contribution in [0.3, 0.4) is 0 Å². The van der Waals surface area contributed by atoms with E-state index < -0.39 is 11.6 Å². The zero-order valence-corrected chi connectivity index (χ0v) is 15.5. The minimum absolute atomic E-state index is 0.0962. The van der Waals surface area contributed by atoms with Crippen LogP contribution in [0, 0.1) is 24.0 Å². The van der Waals surface area contributed by atoms with Crippen molar-refractivity contribution in [2.75, 3.05) is 7.05 Å². The Bertz CT molecular complexity index is 863. The molecule has 3 N–H and O–H groups in total. The number of rotatable bonds is 8. The number of ether oxygens (including phenoxy) is 1. The molecule has 0 saturated heterocycles. The van der Waals surface area contributed by atoms with Crippen LogP contribution in [0.5, 0.6) is 11.5 Å². The third-order valence-electron chi connectivity index (χ3n) is 3.75. The Labute approximate surface area is 158 Å². The van der Waals surface area contributed by atoms with Crippen LogP contribution >= 0.6 is 0 Å². The molecular weight excluding hydrogens is 348 g/mol. The van der Waals surface area contributed by atoms with Crippen LogP contribution in [-0.4, -0.2) is 18.9 Å². The number of likely N-dealkylation sites (N-methyl/N-ethyl adjacent to an activating group) is 1. The van der Waals surface area contributed by atoms with Crippen molar-refractivity contribution in [1.82, 2.24) is 10.6 Å². The SMILES string of the molecule is C/C=C\NC(/C=C\C(=N)c1cc(C)ccc1Oc1ccc(F)cc1F)NC. The van der Waals surface area contributed by atoms with Gasteiger partial charge in [0.25, 0.3) is 0 Å². The molecular formula is C21H23F2N3O. The standard InChI is InChI=1S/C21H23F2N3O/c1-4-11-26-21(25-3)10-7-18(24)16-12-14(2)5-8-19(16)27-20-9-6-15(22)13-17(20)23/h4-13,21,24-26H,1-3H3/b10-7-,11-4-,24-18?. The first-order chi connectivity index (χ1) is 12.9. The zero-order valence-electron chi connectivity index (χ0n) is 15.5. The van der Waals surface area contributed by atoms with E-state index in [1.165, 1.54) is 6.07 Å². The topological polar surface area (TPSA) is 57.1 Å². The summed E-state index contributed by atoms with van der Waals surface area (Å²) >= 11 is 0. The average Bonchev–Trinajstić information content (AvgIpc) is 2.65. The first-order valence-electron chi connectivity index (χ1n) is 8.49.